The number of fused-ring (bicyclic) bond motifs is 2. The number of nitrogens with two attached hydrogens (primary N) is 1. The molecule has 0 aromatic heterocycles. The third kappa shape index (κ3) is 2.27. The van der Waals surface area contributed by atoms with Gasteiger partial charge in [-0.15, -0.1) is 0 Å². The van der Waals surface area contributed by atoms with Gasteiger partial charge in [0.05, 0.1) is 5.60 Å². The highest BCUT2D eigenvalue weighted by atomic mass is 16.3. The molecule has 2 rings (SSSR count). The van der Waals surface area contributed by atoms with Gasteiger partial charge in [-0.25, -0.2) is 0 Å². The lowest BCUT2D eigenvalue weighted by Gasteiger charge is -2.42. The van der Waals surface area contributed by atoms with Crippen LogP contribution in [0.5, 0.6) is 0 Å². The van der Waals surface area contributed by atoms with E-state index in [4.69, 9.17) is 5.73 Å². The van der Waals surface area contributed by atoms with Gasteiger partial charge in [-0.2, -0.15) is 0 Å². The van der Waals surface area contributed by atoms with Crippen molar-refractivity contribution in [3.8, 4) is 0 Å². The van der Waals surface area contributed by atoms with Gasteiger partial charge in [0, 0.05) is 24.7 Å². The maximum atomic E-state index is 10.4. The molecule has 3 unspecified atom stereocenters. The van der Waals surface area contributed by atoms with Gasteiger partial charge in [0.1, 0.15) is 0 Å². The molecular weight excluding hydrogens is 200 g/mol. The van der Waals surface area contributed by atoms with Crippen LogP contribution in [0.2, 0.25) is 0 Å². The summed E-state index contributed by atoms with van der Waals surface area (Å²) in [7, 11) is 0. The van der Waals surface area contributed by atoms with E-state index in [1.54, 1.807) is 0 Å². The molecule has 2 aliphatic heterocycles. The fraction of sp³-hybridized carbons (Fsp3) is 1.00. The van der Waals surface area contributed by atoms with Crippen LogP contribution in [0.25, 0.3) is 0 Å². The summed E-state index contributed by atoms with van der Waals surface area (Å²) >= 11 is 0. The standard InChI is InChI=1S/C13H26N2O/c1-9(2)13(3,16)8-15-11-4-5-12(15)7-10(14)6-11/h9-12,16H,4-8,14H2,1-3H3. The number of piperidine rings is 1. The van der Waals surface area contributed by atoms with Gasteiger partial charge in [-0.05, 0) is 38.5 Å². The largest absolute Gasteiger partial charge is 0.389 e. The molecule has 2 aliphatic rings. The van der Waals surface area contributed by atoms with Gasteiger partial charge in [-0.1, -0.05) is 13.8 Å². The van der Waals surface area contributed by atoms with E-state index in [-0.39, 0.29) is 0 Å². The summed E-state index contributed by atoms with van der Waals surface area (Å²) < 4.78 is 0. The molecule has 2 bridgehead atoms. The number of rotatable bonds is 3. The predicted molar refractivity (Wildman–Crippen MR) is 66.2 cm³/mol. The van der Waals surface area contributed by atoms with Gasteiger partial charge < -0.3 is 10.8 Å². The zero-order valence-corrected chi connectivity index (χ0v) is 10.8. The Morgan fingerprint density at radius 2 is 1.81 bits per heavy atom. The van der Waals surface area contributed by atoms with E-state index in [2.05, 4.69) is 18.7 Å². The van der Waals surface area contributed by atoms with E-state index in [0.717, 1.165) is 19.4 Å². The fourth-order valence-corrected chi connectivity index (χ4v) is 3.13. The Hall–Kier alpha value is -0.120. The average molecular weight is 226 g/mol. The number of hydrogen-bond donors (Lipinski definition) is 2. The number of aliphatic hydroxyl groups is 1. The minimum Gasteiger partial charge on any atom is -0.389 e. The smallest absolute Gasteiger partial charge is 0.0769 e. The zero-order valence-electron chi connectivity index (χ0n) is 10.8. The third-order valence-corrected chi connectivity index (χ3v) is 4.67. The van der Waals surface area contributed by atoms with Gasteiger partial charge in [0.15, 0.2) is 0 Å². The summed E-state index contributed by atoms with van der Waals surface area (Å²) in [6.07, 6.45) is 4.77. The molecule has 0 aliphatic carbocycles. The third-order valence-electron chi connectivity index (χ3n) is 4.67. The maximum absolute atomic E-state index is 10.4. The van der Waals surface area contributed by atoms with E-state index >= 15 is 0 Å². The Balaban J connectivity index is 2.01. The van der Waals surface area contributed by atoms with Crippen LogP contribution in [0.15, 0.2) is 0 Å². The van der Waals surface area contributed by atoms with Crippen molar-refractivity contribution in [2.75, 3.05) is 6.54 Å². The Bertz CT molecular complexity index is 238. The average Bonchev–Trinajstić information content (AvgIpc) is 2.43. The molecule has 2 heterocycles. The van der Waals surface area contributed by atoms with Crippen LogP contribution in [-0.2, 0) is 0 Å². The van der Waals surface area contributed by atoms with Crippen LogP contribution >= 0.6 is 0 Å². The van der Waals surface area contributed by atoms with Crippen molar-refractivity contribution >= 4 is 0 Å². The second kappa shape index (κ2) is 4.28. The molecule has 0 amide bonds. The molecule has 3 N–H and O–H groups in total. The molecule has 0 aromatic rings. The van der Waals surface area contributed by atoms with Crippen molar-refractivity contribution < 1.29 is 5.11 Å². The zero-order chi connectivity index (χ0) is 11.9. The summed E-state index contributed by atoms with van der Waals surface area (Å²) in [5.41, 5.74) is 5.48. The van der Waals surface area contributed by atoms with Crippen molar-refractivity contribution in [3.63, 3.8) is 0 Å². The van der Waals surface area contributed by atoms with Gasteiger partial charge in [0.25, 0.3) is 0 Å². The lowest BCUT2D eigenvalue weighted by atomic mass is 9.89. The molecule has 2 fully saturated rings. The van der Waals surface area contributed by atoms with Crippen molar-refractivity contribution in [3.05, 3.63) is 0 Å². The summed E-state index contributed by atoms with van der Waals surface area (Å²) in [5, 5.41) is 10.4. The first-order valence-electron chi connectivity index (χ1n) is 6.64. The molecule has 94 valence electrons. The second-order valence-corrected chi connectivity index (χ2v) is 6.30. The molecule has 3 nitrogen and oxygen atoms in total. The Morgan fingerprint density at radius 3 is 2.25 bits per heavy atom. The van der Waals surface area contributed by atoms with Gasteiger partial charge in [-0.3, -0.25) is 4.90 Å². The van der Waals surface area contributed by atoms with Crippen LogP contribution in [-0.4, -0.2) is 40.3 Å². The Labute approximate surface area is 99.0 Å². The first kappa shape index (κ1) is 12.3. The first-order chi connectivity index (χ1) is 7.40. The molecule has 2 saturated heterocycles. The fourth-order valence-electron chi connectivity index (χ4n) is 3.13. The van der Waals surface area contributed by atoms with Crippen LogP contribution in [0.3, 0.4) is 0 Å². The van der Waals surface area contributed by atoms with Gasteiger partial charge in [0.2, 0.25) is 0 Å². The summed E-state index contributed by atoms with van der Waals surface area (Å²) in [5.74, 6) is 0.308. The van der Waals surface area contributed by atoms with Crippen molar-refractivity contribution in [1.29, 1.82) is 0 Å². The van der Waals surface area contributed by atoms with E-state index in [0.29, 0.717) is 24.0 Å². The van der Waals surface area contributed by atoms with Crippen molar-refractivity contribution in [2.45, 2.75) is 70.2 Å². The highest BCUT2D eigenvalue weighted by Crippen LogP contribution is 2.36. The molecule has 3 heteroatoms. The van der Waals surface area contributed by atoms with Crippen LogP contribution in [0.1, 0.15) is 46.5 Å². The maximum Gasteiger partial charge on any atom is 0.0769 e. The molecular formula is C13H26N2O. The molecule has 3 atom stereocenters. The molecule has 0 spiro atoms. The van der Waals surface area contributed by atoms with Crippen molar-refractivity contribution in [1.82, 2.24) is 4.90 Å². The topological polar surface area (TPSA) is 49.5 Å². The molecule has 0 aromatic carbocycles. The van der Waals surface area contributed by atoms with Crippen LogP contribution in [0.4, 0.5) is 0 Å². The highest BCUT2D eigenvalue weighted by Gasteiger charge is 2.42. The van der Waals surface area contributed by atoms with E-state index in [1.165, 1.54) is 12.8 Å². The summed E-state index contributed by atoms with van der Waals surface area (Å²) in [6.45, 7) is 6.97. The molecule has 0 saturated carbocycles. The lowest BCUT2D eigenvalue weighted by molar-refractivity contribution is -0.0402. The predicted octanol–water partition coefficient (Wildman–Crippen LogP) is 1.35. The normalized spacial score (nSPS) is 39.0. The van der Waals surface area contributed by atoms with Gasteiger partial charge >= 0.3 is 0 Å². The minimum absolute atomic E-state index is 0.308. The molecule has 0 radical (unpaired) electrons. The Morgan fingerprint density at radius 1 is 1.31 bits per heavy atom. The lowest BCUT2D eigenvalue weighted by Crippen LogP contribution is -2.54. The SMILES string of the molecule is CC(C)C(C)(O)CN1C2CCC1CC(N)C2. The monoisotopic (exact) mass is 226 g/mol. The molecule has 16 heavy (non-hydrogen) atoms. The van der Waals surface area contributed by atoms with E-state index < -0.39 is 5.60 Å². The Kier molecular flexibility index (Phi) is 3.30. The summed E-state index contributed by atoms with van der Waals surface area (Å²) in [4.78, 5) is 2.52. The second-order valence-electron chi connectivity index (χ2n) is 6.30. The van der Waals surface area contributed by atoms with Crippen molar-refractivity contribution in [2.24, 2.45) is 11.7 Å². The number of nitrogens with zero attached hydrogens (tertiary/aromatic N) is 1. The quantitative estimate of drug-likeness (QED) is 0.763. The number of hydrogen-bond acceptors (Lipinski definition) is 3. The van der Waals surface area contributed by atoms with E-state index in [1.807, 2.05) is 6.92 Å². The first-order valence-corrected chi connectivity index (χ1v) is 6.64. The minimum atomic E-state index is -0.567. The van der Waals surface area contributed by atoms with Crippen LogP contribution < -0.4 is 5.73 Å². The summed E-state index contributed by atoms with van der Waals surface area (Å²) in [6, 6.07) is 1.63. The van der Waals surface area contributed by atoms with E-state index in [9.17, 15) is 5.11 Å². The highest BCUT2D eigenvalue weighted by molar-refractivity contribution is 4.99. The van der Waals surface area contributed by atoms with Crippen LogP contribution in [0, 0.1) is 5.92 Å².